The first-order valence-electron chi connectivity index (χ1n) is 7.70. The highest BCUT2D eigenvalue weighted by Crippen LogP contribution is 2.17. The summed E-state index contributed by atoms with van der Waals surface area (Å²) in [5.74, 6) is -0.404. The molecule has 0 unspecified atom stereocenters. The van der Waals surface area contributed by atoms with Crippen molar-refractivity contribution in [3.05, 3.63) is 64.1 Å². The number of hydrogen-bond acceptors (Lipinski definition) is 3. The van der Waals surface area contributed by atoms with E-state index in [1.165, 1.54) is 6.07 Å². The summed E-state index contributed by atoms with van der Waals surface area (Å²) in [6.07, 6.45) is 0.668. The smallest absolute Gasteiger partial charge is 0.252 e. The number of carbonyl (C=O) groups is 1. The Morgan fingerprint density at radius 1 is 1.12 bits per heavy atom. The van der Waals surface area contributed by atoms with Gasteiger partial charge in [-0.25, -0.2) is 8.42 Å². The molecule has 0 bridgehead atoms. The summed E-state index contributed by atoms with van der Waals surface area (Å²) in [6, 6.07) is 14.1. The molecule has 4 nitrogen and oxygen atoms in total. The van der Waals surface area contributed by atoms with Gasteiger partial charge in [-0.05, 0) is 43.2 Å². The summed E-state index contributed by atoms with van der Waals surface area (Å²) in [7, 11) is -3.44. The van der Waals surface area contributed by atoms with Crippen molar-refractivity contribution in [1.82, 2.24) is 5.32 Å². The number of benzene rings is 2. The molecule has 1 N–H and O–H groups in total. The Kier molecular flexibility index (Phi) is 6.18. The van der Waals surface area contributed by atoms with Crippen molar-refractivity contribution in [2.24, 2.45) is 0 Å². The lowest BCUT2D eigenvalue weighted by atomic mass is 10.1. The average molecular weight is 410 g/mol. The molecule has 6 heteroatoms. The maximum Gasteiger partial charge on any atom is 0.252 e. The normalized spacial score (nSPS) is 12.6. The maximum absolute atomic E-state index is 12.5. The molecule has 24 heavy (non-hydrogen) atoms. The van der Waals surface area contributed by atoms with E-state index in [2.05, 4.69) is 21.2 Å². The van der Waals surface area contributed by atoms with Crippen LogP contribution in [0.25, 0.3) is 0 Å². The molecular formula is C18H20BrNO3S. The highest BCUT2D eigenvalue weighted by Gasteiger charge is 2.21. The molecule has 0 heterocycles. The highest BCUT2D eigenvalue weighted by atomic mass is 79.9. The van der Waals surface area contributed by atoms with Crippen molar-refractivity contribution in [3.63, 3.8) is 0 Å². The van der Waals surface area contributed by atoms with Crippen molar-refractivity contribution >= 4 is 31.7 Å². The zero-order valence-electron chi connectivity index (χ0n) is 13.6. The van der Waals surface area contributed by atoms with Crippen LogP contribution in [0.4, 0.5) is 0 Å². The van der Waals surface area contributed by atoms with Crippen LogP contribution in [0, 0.1) is 0 Å². The first kappa shape index (κ1) is 18.7. The predicted molar refractivity (Wildman–Crippen MR) is 98.9 cm³/mol. The third kappa shape index (κ3) is 4.68. The van der Waals surface area contributed by atoms with Gasteiger partial charge >= 0.3 is 0 Å². The molecule has 2 rings (SSSR count). The molecule has 0 fully saturated rings. The minimum absolute atomic E-state index is 0.0360. The fourth-order valence-corrected chi connectivity index (χ4v) is 3.76. The predicted octanol–water partition coefficient (Wildman–Crippen LogP) is 3.60. The topological polar surface area (TPSA) is 63.2 Å². The Morgan fingerprint density at radius 2 is 1.75 bits per heavy atom. The summed E-state index contributed by atoms with van der Waals surface area (Å²) in [5, 5.41) is 2.88. The standard InChI is InChI=1S/C18H20BrNO3S/c1-3-24(22,23)17-7-5-4-6-16(17)18(21)20-13(2)12-14-8-10-15(19)11-9-14/h4-11,13H,3,12H2,1-2H3,(H,20,21)/t13-/m0/s1. The van der Waals surface area contributed by atoms with E-state index >= 15 is 0 Å². The number of halogens is 1. The zero-order valence-corrected chi connectivity index (χ0v) is 16.0. The third-order valence-electron chi connectivity index (χ3n) is 3.68. The molecule has 0 aromatic heterocycles. The fourth-order valence-electron chi connectivity index (χ4n) is 2.41. The molecule has 0 aliphatic rings. The average Bonchev–Trinajstić information content (AvgIpc) is 2.57. The molecule has 0 saturated heterocycles. The van der Waals surface area contributed by atoms with Crippen molar-refractivity contribution in [1.29, 1.82) is 0 Å². The van der Waals surface area contributed by atoms with Crippen LogP contribution in [0.15, 0.2) is 57.9 Å². The van der Waals surface area contributed by atoms with Crippen molar-refractivity contribution < 1.29 is 13.2 Å². The Balaban J connectivity index is 2.14. The van der Waals surface area contributed by atoms with Crippen molar-refractivity contribution in [2.75, 3.05) is 5.75 Å². The van der Waals surface area contributed by atoms with E-state index in [-0.39, 0.29) is 28.2 Å². The summed E-state index contributed by atoms with van der Waals surface area (Å²) in [4.78, 5) is 12.6. The van der Waals surface area contributed by atoms with Gasteiger partial charge in [-0.2, -0.15) is 0 Å². The van der Waals surface area contributed by atoms with Gasteiger partial charge in [-0.1, -0.05) is 47.1 Å². The van der Waals surface area contributed by atoms with E-state index in [1.54, 1.807) is 25.1 Å². The van der Waals surface area contributed by atoms with Crippen LogP contribution in [0.1, 0.15) is 29.8 Å². The third-order valence-corrected chi connectivity index (χ3v) is 5.99. The lowest BCUT2D eigenvalue weighted by Crippen LogP contribution is -2.35. The second-order valence-electron chi connectivity index (χ2n) is 5.60. The van der Waals surface area contributed by atoms with E-state index < -0.39 is 9.84 Å². The second kappa shape index (κ2) is 7.94. The first-order valence-corrected chi connectivity index (χ1v) is 10.1. The SMILES string of the molecule is CCS(=O)(=O)c1ccccc1C(=O)N[C@@H](C)Cc1ccc(Br)cc1. The number of nitrogens with one attached hydrogen (secondary N) is 1. The van der Waals surface area contributed by atoms with Crippen LogP contribution >= 0.6 is 15.9 Å². The van der Waals surface area contributed by atoms with Gasteiger partial charge in [0.25, 0.3) is 5.91 Å². The molecule has 1 atom stereocenters. The van der Waals surface area contributed by atoms with Gasteiger partial charge in [-0.15, -0.1) is 0 Å². The summed E-state index contributed by atoms with van der Waals surface area (Å²) in [6.45, 7) is 3.47. The molecule has 0 aliphatic carbocycles. The minimum Gasteiger partial charge on any atom is -0.349 e. The number of hydrogen-bond donors (Lipinski definition) is 1. The molecule has 0 saturated carbocycles. The molecule has 2 aromatic rings. The Labute approximate surface area is 151 Å². The number of amides is 1. The maximum atomic E-state index is 12.5. The van der Waals surface area contributed by atoms with Gasteiger partial charge in [-0.3, -0.25) is 4.79 Å². The van der Waals surface area contributed by atoms with Crippen LogP contribution in [0.5, 0.6) is 0 Å². The van der Waals surface area contributed by atoms with Gasteiger partial charge in [0.2, 0.25) is 0 Å². The van der Waals surface area contributed by atoms with Gasteiger partial charge in [0.05, 0.1) is 16.2 Å². The molecule has 2 aromatic carbocycles. The number of rotatable bonds is 6. The summed E-state index contributed by atoms with van der Waals surface area (Å²) in [5.41, 5.74) is 1.29. The van der Waals surface area contributed by atoms with Crippen molar-refractivity contribution in [3.8, 4) is 0 Å². The first-order chi connectivity index (χ1) is 11.3. The molecule has 0 aliphatic heterocycles. The van der Waals surface area contributed by atoms with Crippen LogP contribution in [-0.4, -0.2) is 26.1 Å². The van der Waals surface area contributed by atoms with Gasteiger partial charge in [0, 0.05) is 10.5 Å². The molecular weight excluding hydrogens is 390 g/mol. The largest absolute Gasteiger partial charge is 0.349 e. The van der Waals surface area contributed by atoms with Crippen LogP contribution < -0.4 is 5.32 Å². The van der Waals surface area contributed by atoms with E-state index in [0.717, 1.165) is 10.0 Å². The number of carbonyl (C=O) groups excluding carboxylic acids is 1. The molecule has 128 valence electrons. The Hall–Kier alpha value is -1.66. The van der Waals surface area contributed by atoms with Gasteiger partial charge in [0.1, 0.15) is 0 Å². The van der Waals surface area contributed by atoms with E-state index in [0.29, 0.717) is 6.42 Å². The lowest BCUT2D eigenvalue weighted by Gasteiger charge is -2.16. The Morgan fingerprint density at radius 3 is 2.38 bits per heavy atom. The molecule has 1 amide bonds. The second-order valence-corrected chi connectivity index (χ2v) is 8.77. The lowest BCUT2D eigenvalue weighted by molar-refractivity contribution is 0.0937. The molecule has 0 radical (unpaired) electrons. The van der Waals surface area contributed by atoms with Gasteiger partial charge < -0.3 is 5.32 Å². The zero-order chi connectivity index (χ0) is 17.7. The number of sulfone groups is 1. The van der Waals surface area contributed by atoms with Crippen molar-refractivity contribution in [2.45, 2.75) is 31.2 Å². The van der Waals surface area contributed by atoms with E-state index in [4.69, 9.17) is 0 Å². The fraction of sp³-hybridized carbons (Fsp3) is 0.278. The van der Waals surface area contributed by atoms with E-state index in [1.807, 2.05) is 31.2 Å². The van der Waals surface area contributed by atoms with Crippen LogP contribution in [0.3, 0.4) is 0 Å². The summed E-state index contributed by atoms with van der Waals surface area (Å²) >= 11 is 3.39. The van der Waals surface area contributed by atoms with Crippen LogP contribution in [-0.2, 0) is 16.3 Å². The molecule has 0 spiro atoms. The van der Waals surface area contributed by atoms with E-state index in [9.17, 15) is 13.2 Å². The highest BCUT2D eigenvalue weighted by molar-refractivity contribution is 9.10. The summed E-state index contributed by atoms with van der Waals surface area (Å²) < 4.78 is 25.3. The van der Waals surface area contributed by atoms with Gasteiger partial charge in [0.15, 0.2) is 9.84 Å². The van der Waals surface area contributed by atoms with Crippen LogP contribution in [0.2, 0.25) is 0 Å². The quantitative estimate of drug-likeness (QED) is 0.792. The minimum atomic E-state index is -3.44. The Bertz CT molecular complexity index is 816. The monoisotopic (exact) mass is 409 g/mol.